The van der Waals surface area contributed by atoms with Crippen molar-refractivity contribution in [1.82, 2.24) is 9.97 Å². The highest BCUT2D eigenvalue weighted by atomic mass is 35.5. The molecule has 0 amide bonds. The Bertz CT molecular complexity index is 679. The Balaban J connectivity index is 1.83. The van der Waals surface area contributed by atoms with Gasteiger partial charge in [-0.05, 0) is 44.4 Å². The fourth-order valence-electron chi connectivity index (χ4n) is 2.90. The molecule has 2 aromatic rings. The number of hydrogen-bond acceptors (Lipinski definition) is 4. The topological polar surface area (TPSA) is 41.1 Å². The molecule has 2 heterocycles. The lowest BCUT2D eigenvalue weighted by atomic mass is 10.2. The lowest BCUT2D eigenvalue weighted by molar-refractivity contribution is 0.726. The summed E-state index contributed by atoms with van der Waals surface area (Å²) in [4.78, 5) is 11.5. The monoisotopic (exact) mass is 330 g/mol. The van der Waals surface area contributed by atoms with Crippen LogP contribution in [0.3, 0.4) is 0 Å². The molecule has 0 bridgehead atoms. The van der Waals surface area contributed by atoms with Crippen LogP contribution < -0.4 is 10.2 Å². The largest absolute Gasteiger partial charge is 0.356 e. The number of aryl methyl sites for hydroxylation is 2. The van der Waals surface area contributed by atoms with Crippen molar-refractivity contribution in [2.75, 3.05) is 23.3 Å². The molecule has 0 atom stereocenters. The highest BCUT2D eigenvalue weighted by Crippen LogP contribution is 2.25. The lowest BCUT2D eigenvalue weighted by Gasteiger charge is -2.22. The van der Waals surface area contributed by atoms with Crippen LogP contribution in [0.1, 0.15) is 37.1 Å². The van der Waals surface area contributed by atoms with Gasteiger partial charge in [-0.3, -0.25) is 0 Å². The molecule has 1 aliphatic heterocycles. The van der Waals surface area contributed by atoms with Gasteiger partial charge in [0, 0.05) is 29.9 Å². The first kappa shape index (κ1) is 16.1. The molecule has 1 fully saturated rings. The Morgan fingerprint density at radius 2 is 1.74 bits per heavy atom. The minimum Gasteiger partial charge on any atom is -0.356 e. The van der Waals surface area contributed by atoms with E-state index in [2.05, 4.69) is 20.2 Å². The molecule has 1 aliphatic rings. The molecule has 5 heteroatoms. The summed E-state index contributed by atoms with van der Waals surface area (Å²) >= 11 is 6.20. The third-order valence-corrected chi connectivity index (χ3v) is 4.61. The normalized spacial score (nSPS) is 15.3. The van der Waals surface area contributed by atoms with Gasteiger partial charge >= 0.3 is 0 Å². The van der Waals surface area contributed by atoms with Gasteiger partial charge in [-0.15, -0.1) is 0 Å². The zero-order valence-corrected chi connectivity index (χ0v) is 14.5. The maximum Gasteiger partial charge on any atom is 0.136 e. The smallest absolute Gasteiger partial charge is 0.136 e. The van der Waals surface area contributed by atoms with Crippen LogP contribution in [0.5, 0.6) is 0 Å². The second kappa shape index (κ2) is 7.18. The van der Waals surface area contributed by atoms with Crippen LogP contribution in [-0.4, -0.2) is 23.1 Å². The molecule has 1 saturated heterocycles. The van der Waals surface area contributed by atoms with Crippen LogP contribution in [-0.2, 0) is 0 Å². The second-order valence-electron chi connectivity index (χ2n) is 6.15. The number of rotatable bonds is 3. The molecule has 122 valence electrons. The van der Waals surface area contributed by atoms with Crippen molar-refractivity contribution in [2.45, 2.75) is 39.5 Å². The molecule has 1 aromatic heterocycles. The molecular formula is C18H23ClN4. The summed E-state index contributed by atoms with van der Waals surface area (Å²) in [6.07, 6.45) is 5.10. The van der Waals surface area contributed by atoms with Crippen LogP contribution in [0, 0.1) is 13.8 Å². The zero-order chi connectivity index (χ0) is 16.2. The van der Waals surface area contributed by atoms with Gasteiger partial charge in [-0.2, -0.15) is 0 Å². The van der Waals surface area contributed by atoms with Crippen molar-refractivity contribution in [3.63, 3.8) is 0 Å². The summed E-state index contributed by atoms with van der Waals surface area (Å²) in [7, 11) is 0. The Labute approximate surface area is 142 Å². The first-order chi connectivity index (χ1) is 11.1. The van der Waals surface area contributed by atoms with E-state index in [1.165, 1.54) is 25.7 Å². The van der Waals surface area contributed by atoms with E-state index in [9.17, 15) is 0 Å². The van der Waals surface area contributed by atoms with Gasteiger partial charge in [0.25, 0.3) is 0 Å². The summed E-state index contributed by atoms with van der Waals surface area (Å²) in [5.74, 6) is 2.62. The first-order valence-electron chi connectivity index (χ1n) is 8.25. The fourth-order valence-corrected chi connectivity index (χ4v) is 3.08. The predicted octanol–water partition coefficient (Wildman–Crippen LogP) is 4.87. The Morgan fingerprint density at radius 3 is 2.43 bits per heavy atom. The molecular weight excluding hydrogens is 308 g/mol. The van der Waals surface area contributed by atoms with Crippen molar-refractivity contribution in [1.29, 1.82) is 0 Å². The van der Waals surface area contributed by atoms with Gasteiger partial charge in [0.15, 0.2) is 0 Å². The highest BCUT2D eigenvalue weighted by Gasteiger charge is 2.13. The summed E-state index contributed by atoms with van der Waals surface area (Å²) in [5, 5.41) is 4.10. The molecule has 0 saturated carbocycles. The van der Waals surface area contributed by atoms with Gasteiger partial charge in [0.1, 0.15) is 17.5 Å². The first-order valence-corrected chi connectivity index (χ1v) is 8.63. The quantitative estimate of drug-likeness (QED) is 0.871. The molecule has 0 radical (unpaired) electrons. The number of nitrogens with zero attached hydrogens (tertiary/aromatic N) is 3. The van der Waals surface area contributed by atoms with Crippen molar-refractivity contribution in [3.8, 4) is 0 Å². The maximum atomic E-state index is 6.20. The maximum absolute atomic E-state index is 6.20. The summed E-state index contributed by atoms with van der Waals surface area (Å²) < 4.78 is 0. The average Bonchev–Trinajstić information content (AvgIpc) is 2.80. The van der Waals surface area contributed by atoms with E-state index < -0.39 is 0 Å². The number of aromatic nitrogens is 2. The standard InChI is InChI=1S/C18H23ClN4/c1-13-7-8-15(11-16(13)19)22-17-12-18(21-14(2)20-17)23-9-5-3-4-6-10-23/h7-8,11-12H,3-6,9-10H2,1-2H3,(H,20,21,22). The van der Waals surface area contributed by atoms with Crippen molar-refractivity contribution in [3.05, 3.63) is 40.7 Å². The molecule has 1 N–H and O–H groups in total. The van der Waals surface area contributed by atoms with E-state index in [4.69, 9.17) is 11.6 Å². The second-order valence-corrected chi connectivity index (χ2v) is 6.56. The van der Waals surface area contributed by atoms with Crippen LogP contribution in [0.2, 0.25) is 5.02 Å². The molecule has 0 unspecified atom stereocenters. The van der Waals surface area contributed by atoms with E-state index in [1.807, 2.05) is 38.1 Å². The molecule has 1 aromatic carbocycles. The van der Waals surface area contributed by atoms with E-state index in [-0.39, 0.29) is 0 Å². The molecule has 3 rings (SSSR count). The average molecular weight is 331 g/mol. The van der Waals surface area contributed by atoms with E-state index in [0.717, 1.165) is 46.8 Å². The molecule has 0 spiro atoms. The van der Waals surface area contributed by atoms with Crippen molar-refractivity contribution in [2.24, 2.45) is 0 Å². The lowest BCUT2D eigenvalue weighted by Crippen LogP contribution is -2.25. The van der Waals surface area contributed by atoms with Crippen LogP contribution in [0.4, 0.5) is 17.3 Å². The zero-order valence-electron chi connectivity index (χ0n) is 13.8. The number of hydrogen-bond donors (Lipinski definition) is 1. The van der Waals surface area contributed by atoms with E-state index in [1.54, 1.807) is 0 Å². The van der Waals surface area contributed by atoms with Crippen LogP contribution >= 0.6 is 11.6 Å². The Kier molecular flexibility index (Phi) is 5.01. The van der Waals surface area contributed by atoms with Crippen molar-refractivity contribution >= 4 is 28.9 Å². The summed E-state index contributed by atoms with van der Waals surface area (Å²) in [5.41, 5.74) is 2.02. The van der Waals surface area contributed by atoms with E-state index in [0.29, 0.717) is 0 Å². The minimum atomic E-state index is 0.758. The van der Waals surface area contributed by atoms with Crippen LogP contribution in [0.25, 0.3) is 0 Å². The minimum absolute atomic E-state index is 0.758. The predicted molar refractivity (Wildman–Crippen MR) is 96.9 cm³/mol. The van der Waals surface area contributed by atoms with Gasteiger partial charge in [0.2, 0.25) is 0 Å². The van der Waals surface area contributed by atoms with E-state index >= 15 is 0 Å². The highest BCUT2D eigenvalue weighted by molar-refractivity contribution is 6.31. The van der Waals surface area contributed by atoms with Crippen molar-refractivity contribution < 1.29 is 0 Å². The number of anilines is 3. The third kappa shape index (κ3) is 4.14. The van der Waals surface area contributed by atoms with Crippen LogP contribution in [0.15, 0.2) is 24.3 Å². The van der Waals surface area contributed by atoms with Gasteiger partial charge < -0.3 is 10.2 Å². The molecule has 23 heavy (non-hydrogen) atoms. The number of halogens is 1. The Hall–Kier alpha value is -1.81. The molecule has 4 nitrogen and oxygen atoms in total. The fraction of sp³-hybridized carbons (Fsp3) is 0.444. The SMILES string of the molecule is Cc1nc(Nc2ccc(C)c(Cl)c2)cc(N2CCCCCC2)n1. The number of benzene rings is 1. The Morgan fingerprint density at radius 1 is 1.00 bits per heavy atom. The summed E-state index contributed by atoms with van der Waals surface area (Å²) in [6, 6.07) is 7.99. The molecule has 0 aliphatic carbocycles. The number of nitrogens with one attached hydrogen (secondary N) is 1. The van der Waals surface area contributed by atoms with Gasteiger partial charge in [0.05, 0.1) is 0 Å². The summed E-state index contributed by atoms with van der Waals surface area (Å²) in [6.45, 7) is 6.09. The van der Waals surface area contributed by atoms with Gasteiger partial charge in [-0.1, -0.05) is 30.5 Å². The van der Waals surface area contributed by atoms with Gasteiger partial charge in [-0.25, -0.2) is 9.97 Å². The third-order valence-electron chi connectivity index (χ3n) is 4.20.